The first-order valence-electron chi connectivity index (χ1n) is 4.88. The molecule has 78 valence electrons. The SMILES string of the molecule is CC(C)(CN)OCCc1ccccn1. The first kappa shape index (κ1) is 11.1. The van der Waals surface area contributed by atoms with Crippen LogP contribution < -0.4 is 5.73 Å². The Morgan fingerprint density at radius 3 is 2.79 bits per heavy atom. The molecule has 0 amide bonds. The molecule has 1 aromatic heterocycles. The van der Waals surface area contributed by atoms with Crippen LogP contribution in [0.1, 0.15) is 19.5 Å². The first-order chi connectivity index (χ1) is 6.64. The fourth-order valence-electron chi connectivity index (χ4n) is 1.04. The highest BCUT2D eigenvalue weighted by atomic mass is 16.5. The number of nitrogens with two attached hydrogens (primary N) is 1. The Kier molecular flexibility index (Phi) is 4.04. The lowest BCUT2D eigenvalue weighted by atomic mass is 10.1. The zero-order chi connectivity index (χ0) is 10.4. The Hall–Kier alpha value is -0.930. The molecule has 0 saturated carbocycles. The van der Waals surface area contributed by atoms with E-state index in [0.29, 0.717) is 13.2 Å². The Balaban J connectivity index is 2.29. The van der Waals surface area contributed by atoms with Gasteiger partial charge in [0.15, 0.2) is 0 Å². The van der Waals surface area contributed by atoms with Crippen LogP contribution in [-0.2, 0) is 11.2 Å². The maximum absolute atomic E-state index is 5.62. The highest BCUT2D eigenvalue weighted by Gasteiger charge is 2.14. The number of aromatic nitrogens is 1. The Morgan fingerprint density at radius 1 is 1.43 bits per heavy atom. The smallest absolute Gasteiger partial charge is 0.0748 e. The normalized spacial score (nSPS) is 11.6. The van der Waals surface area contributed by atoms with E-state index in [-0.39, 0.29) is 5.60 Å². The molecule has 0 unspecified atom stereocenters. The molecule has 0 atom stereocenters. The molecule has 0 aliphatic carbocycles. The largest absolute Gasteiger partial charge is 0.374 e. The van der Waals surface area contributed by atoms with Gasteiger partial charge in [-0.2, -0.15) is 0 Å². The van der Waals surface area contributed by atoms with E-state index in [1.807, 2.05) is 32.0 Å². The van der Waals surface area contributed by atoms with Gasteiger partial charge in [-0.05, 0) is 26.0 Å². The molecule has 1 heterocycles. The summed E-state index contributed by atoms with van der Waals surface area (Å²) in [5, 5.41) is 0. The van der Waals surface area contributed by atoms with E-state index >= 15 is 0 Å². The van der Waals surface area contributed by atoms with Gasteiger partial charge in [-0.15, -0.1) is 0 Å². The van der Waals surface area contributed by atoms with Crippen LogP contribution in [0.15, 0.2) is 24.4 Å². The summed E-state index contributed by atoms with van der Waals surface area (Å²) < 4.78 is 5.62. The fraction of sp³-hybridized carbons (Fsp3) is 0.545. The van der Waals surface area contributed by atoms with Crippen LogP contribution in [0.25, 0.3) is 0 Å². The Morgan fingerprint density at radius 2 is 2.21 bits per heavy atom. The van der Waals surface area contributed by atoms with Crippen LogP contribution in [0.2, 0.25) is 0 Å². The van der Waals surface area contributed by atoms with Crippen LogP contribution >= 0.6 is 0 Å². The number of nitrogens with zero attached hydrogens (tertiary/aromatic N) is 1. The number of pyridine rings is 1. The van der Waals surface area contributed by atoms with Crippen molar-refractivity contribution in [2.45, 2.75) is 25.9 Å². The van der Waals surface area contributed by atoms with E-state index in [1.165, 1.54) is 0 Å². The predicted octanol–water partition coefficient (Wildman–Crippen LogP) is 1.38. The minimum Gasteiger partial charge on any atom is -0.374 e. The molecule has 0 saturated heterocycles. The lowest BCUT2D eigenvalue weighted by Gasteiger charge is -2.22. The van der Waals surface area contributed by atoms with Crippen molar-refractivity contribution < 1.29 is 4.74 Å². The minimum absolute atomic E-state index is 0.227. The summed E-state index contributed by atoms with van der Waals surface area (Å²) in [5.74, 6) is 0. The number of ether oxygens (including phenoxy) is 1. The fourth-order valence-corrected chi connectivity index (χ4v) is 1.04. The topological polar surface area (TPSA) is 48.1 Å². The maximum Gasteiger partial charge on any atom is 0.0748 e. The summed E-state index contributed by atoms with van der Waals surface area (Å²) in [7, 11) is 0. The molecule has 0 bridgehead atoms. The van der Waals surface area contributed by atoms with Gasteiger partial charge in [0, 0.05) is 24.9 Å². The van der Waals surface area contributed by atoms with Gasteiger partial charge in [-0.25, -0.2) is 0 Å². The van der Waals surface area contributed by atoms with E-state index < -0.39 is 0 Å². The highest BCUT2D eigenvalue weighted by molar-refractivity contribution is 5.03. The third-order valence-corrected chi connectivity index (χ3v) is 2.07. The third kappa shape index (κ3) is 3.85. The van der Waals surface area contributed by atoms with Crippen LogP contribution in [0.4, 0.5) is 0 Å². The van der Waals surface area contributed by atoms with Crippen molar-refractivity contribution in [1.82, 2.24) is 4.98 Å². The second kappa shape index (κ2) is 5.08. The summed E-state index contributed by atoms with van der Waals surface area (Å²) >= 11 is 0. The molecule has 14 heavy (non-hydrogen) atoms. The van der Waals surface area contributed by atoms with E-state index in [9.17, 15) is 0 Å². The van der Waals surface area contributed by atoms with Crippen LogP contribution in [-0.4, -0.2) is 23.7 Å². The quantitative estimate of drug-likeness (QED) is 0.770. The van der Waals surface area contributed by atoms with Crippen molar-refractivity contribution in [2.75, 3.05) is 13.2 Å². The van der Waals surface area contributed by atoms with Gasteiger partial charge >= 0.3 is 0 Å². The molecule has 0 spiro atoms. The predicted molar refractivity (Wildman–Crippen MR) is 57.0 cm³/mol. The van der Waals surface area contributed by atoms with Crippen molar-refractivity contribution in [3.8, 4) is 0 Å². The van der Waals surface area contributed by atoms with E-state index in [1.54, 1.807) is 6.20 Å². The van der Waals surface area contributed by atoms with E-state index in [0.717, 1.165) is 12.1 Å². The number of rotatable bonds is 5. The molecule has 0 aliphatic heterocycles. The second-order valence-corrected chi connectivity index (χ2v) is 3.88. The summed E-state index contributed by atoms with van der Waals surface area (Å²) in [5.41, 5.74) is 6.37. The van der Waals surface area contributed by atoms with Gasteiger partial charge in [0.2, 0.25) is 0 Å². The van der Waals surface area contributed by atoms with Crippen molar-refractivity contribution in [3.63, 3.8) is 0 Å². The highest BCUT2D eigenvalue weighted by Crippen LogP contribution is 2.07. The average molecular weight is 194 g/mol. The standard InChI is InChI=1S/C11H18N2O/c1-11(2,9-12)14-8-6-10-5-3-4-7-13-10/h3-5,7H,6,8-9,12H2,1-2H3. The van der Waals surface area contributed by atoms with Crippen molar-refractivity contribution in [1.29, 1.82) is 0 Å². The van der Waals surface area contributed by atoms with Gasteiger partial charge in [0.05, 0.1) is 12.2 Å². The molecule has 1 rings (SSSR count). The molecule has 3 nitrogen and oxygen atoms in total. The van der Waals surface area contributed by atoms with E-state index in [4.69, 9.17) is 10.5 Å². The summed E-state index contributed by atoms with van der Waals surface area (Å²) in [6.45, 7) is 5.19. The minimum atomic E-state index is -0.227. The van der Waals surface area contributed by atoms with Gasteiger partial charge in [-0.3, -0.25) is 4.98 Å². The second-order valence-electron chi connectivity index (χ2n) is 3.88. The summed E-state index contributed by atoms with van der Waals surface area (Å²) in [6, 6.07) is 5.89. The summed E-state index contributed by atoms with van der Waals surface area (Å²) in [4.78, 5) is 4.21. The molecular weight excluding hydrogens is 176 g/mol. The average Bonchev–Trinajstić information content (AvgIpc) is 2.19. The third-order valence-electron chi connectivity index (χ3n) is 2.07. The molecular formula is C11H18N2O. The molecule has 0 aromatic carbocycles. The van der Waals surface area contributed by atoms with Crippen molar-refractivity contribution in [3.05, 3.63) is 30.1 Å². The monoisotopic (exact) mass is 194 g/mol. The van der Waals surface area contributed by atoms with E-state index in [2.05, 4.69) is 4.98 Å². The van der Waals surface area contributed by atoms with Crippen LogP contribution in [0.5, 0.6) is 0 Å². The van der Waals surface area contributed by atoms with Gasteiger partial charge in [0.25, 0.3) is 0 Å². The van der Waals surface area contributed by atoms with Crippen molar-refractivity contribution >= 4 is 0 Å². The van der Waals surface area contributed by atoms with Crippen LogP contribution in [0, 0.1) is 0 Å². The van der Waals surface area contributed by atoms with Crippen LogP contribution in [0.3, 0.4) is 0 Å². The lowest BCUT2D eigenvalue weighted by Crippen LogP contribution is -2.34. The van der Waals surface area contributed by atoms with Gasteiger partial charge in [-0.1, -0.05) is 6.07 Å². The van der Waals surface area contributed by atoms with Crippen molar-refractivity contribution in [2.24, 2.45) is 5.73 Å². The maximum atomic E-state index is 5.62. The summed E-state index contributed by atoms with van der Waals surface area (Å²) in [6.07, 6.45) is 2.63. The lowest BCUT2D eigenvalue weighted by molar-refractivity contribution is -0.00881. The van der Waals surface area contributed by atoms with Gasteiger partial charge < -0.3 is 10.5 Å². The Bertz CT molecular complexity index is 259. The molecule has 0 radical (unpaired) electrons. The first-order valence-corrected chi connectivity index (χ1v) is 4.88. The van der Waals surface area contributed by atoms with Gasteiger partial charge in [0.1, 0.15) is 0 Å². The molecule has 3 heteroatoms. The zero-order valence-electron chi connectivity index (χ0n) is 8.86. The molecule has 0 fully saturated rings. The molecule has 1 aromatic rings. The molecule has 2 N–H and O–H groups in total. The Labute approximate surface area is 85.3 Å². The molecule has 0 aliphatic rings. The number of hydrogen-bond donors (Lipinski definition) is 1. The number of hydrogen-bond acceptors (Lipinski definition) is 3. The zero-order valence-corrected chi connectivity index (χ0v) is 8.86.